The minimum Gasteiger partial charge on any atom is -0.493 e. The maximum absolute atomic E-state index is 6.64. The van der Waals surface area contributed by atoms with Crippen LogP contribution in [0.25, 0.3) is 9.40 Å². The van der Waals surface area contributed by atoms with Gasteiger partial charge in [0, 0.05) is 20.7 Å². The van der Waals surface area contributed by atoms with Crippen molar-refractivity contribution in [2.24, 2.45) is 0 Å². The summed E-state index contributed by atoms with van der Waals surface area (Å²) in [4.78, 5) is 1.22. The van der Waals surface area contributed by atoms with E-state index in [2.05, 4.69) is 29.6 Å². The van der Waals surface area contributed by atoms with Gasteiger partial charge in [-0.3, -0.25) is 0 Å². The third-order valence-electron chi connectivity index (χ3n) is 3.41. The smallest absolute Gasteiger partial charge is 0.122 e. The number of halogens is 1. The molecule has 19 heavy (non-hydrogen) atoms. The van der Waals surface area contributed by atoms with E-state index in [4.69, 9.17) is 16.3 Å². The second-order valence-electron chi connectivity index (χ2n) is 4.63. The Morgan fingerprint density at radius 2 is 2.11 bits per heavy atom. The van der Waals surface area contributed by atoms with E-state index >= 15 is 0 Å². The molecule has 0 N–H and O–H groups in total. The normalized spacial score (nSPS) is 15.4. The van der Waals surface area contributed by atoms with Crippen LogP contribution < -0.4 is 4.74 Å². The van der Waals surface area contributed by atoms with Gasteiger partial charge in [-0.25, -0.2) is 0 Å². The third-order valence-corrected chi connectivity index (χ3v) is 6.19. The number of hydrogen-bond donors (Lipinski definition) is 0. The molecule has 2 aromatic heterocycles. The number of hydrogen-bond acceptors (Lipinski definition) is 3. The zero-order valence-electron chi connectivity index (χ0n) is 10.1. The first-order chi connectivity index (χ1) is 9.31. The number of benzene rings is 1. The summed E-state index contributed by atoms with van der Waals surface area (Å²) in [7, 11) is 0. The van der Waals surface area contributed by atoms with E-state index in [1.54, 1.807) is 22.7 Å². The van der Waals surface area contributed by atoms with E-state index in [-0.39, 0.29) is 5.38 Å². The van der Waals surface area contributed by atoms with Crippen LogP contribution in [-0.4, -0.2) is 6.61 Å². The van der Waals surface area contributed by atoms with Gasteiger partial charge in [-0.15, -0.1) is 34.3 Å². The first-order valence-corrected chi connectivity index (χ1v) is 8.31. The summed E-state index contributed by atoms with van der Waals surface area (Å²) in [5.41, 5.74) is 2.45. The van der Waals surface area contributed by atoms with E-state index in [0.717, 1.165) is 18.8 Å². The Labute approximate surface area is 124 Å². The molecule has 0 bridgehead atoms. The quantitative estimate of drug-likeness (QED) is 0.589. The molecule has 3 aromatic rings. The highest BCUT2D eigenvalue weighted by Gasteiger charge is 2.18. The van der Waals surface area contributed by atoms with Gasteiger partial charge >= 0.3 is 0 Å². The van der Waals surface area contributed by atoms with Gasteiger partial charge in [0.05, 0.1) is 12.0 Å². The van der Waals surface area contributed by atoms with Crippen molar-refractivity contribution >= 4 is 43.7 Å². The molecule has 0 aliphatic carbocycles. The number of fused-ring (bicyclic) bond motifs is 2. The maximum Gasteiger partial charge on any atom is 0.122 e. The molecule has 1 aliphatic heterocycles. The summed E-state index contributed by atoms with van der Waals surface area (Å²) in [6, 6.07) is 10.7. The Morgan fingerprint density at radius 3 is 3.00 bits per heavy atom. The standard InChI is InChI=1S/C15H11ClOS2/c16-15(14-8-13-12(19-14)4-6-18-13)10-1-2-11-9(7-10)3-5-17-11/h1-2,4,6-8,15H,3,5H2. The molecular weight excluding hydrogens is 296 g/mol. The van der Waals surface area contributed by atoms with Gasteiger partial charge in [0.2, 0.25) is 0 Å². The predicted molar refractivity (Wildman–Crippen MR) is 83.0 cm³/mol. The molecule has 0 radical (unpaired) electrons. The Balaban J connectivity index is 1.73. The van der Waals surface area contributed by atoms with Gasteiger partial charge in [0.1, 0.15) is 5.75 Å². The molecule has 0 amide bonds. The number of rotatable bonds is 2. The fraction of sp³-hybridized carbons (Fsp3) is 0.200. The molecule has 0 fully saturated rings. The molecular formula is C15H11ClOS2. The SMILES string of the molecule is ClC(c1ccc2c(c1)CCO2)c1cc2sccc2s1. The summed E-state index contributed by atoms with van der Waals surface area (Å²) in [6.07, 6.45) is 0.992. The lowest BCUT2D eigenvalue weighted by atomic mass is 10.1. The molecule has 4 heteroatoms. The Bertz CT molecular complexity index is 715. The molecule has 1 atom stereocenters. The molecule has 1 aromatic carbocycles. The van der Waals surface area contributed by atoms with Crippen molar-refractivity contribution in [3.8, 4) is 5.75 Å². The molecule has 1 nitrogen and oxygen atoms in total. The number of alkyl halides is 1. The van der Waals surface area contributed by atoms with Crippen molar-refractivity contribution in [3.63, 3.8) is 0 Å². The molecule has 0 saturated carbocycles. The largest absolute Gasteiger partial charge is 0.493 e. The van der Waals surface area contributed by atoms with Crippen LogP contribution in [0.5, 0.6) is 5.75 Å². The second-order valence-corrected chi connectivity index (χ2v) is 7.13. The summed E-state index contributed by atoms with van der Waals surface area (Å²) in [5, 5.41) is 2.07. The lowest BCUT2D eigenvalue weighted by Gasteiger charge is -2.09. The lowest BCUT2D eigenvalue weighted by Crippen LogP contribution is -1.91. The zero-order chi connectivity index (χ0) is 12.8. The fourth-order valence-electron chi connectivity index (χ4n) is 2.44. The highest BCUT2D eigenvalue weighted by atomic mass is 35.5. The predicted octanol–water partition coefficient (Wildman–Crippen LogP) is 5.23. The van der Waals surface area contributed by atoms with Crippen LogP contribution in [0.1, 0.15) is 21.4 Å². The topological polar surface area (TPSA) is 9.23 Å². The van der Waals surface area contributed by atoms with Crippen LogP contribution in [0, 0.1) is 0 Å². The second kappa shape index (κ2) is 4.51. The zero-order valence-corrected chi connectivity index (χ0v) is 12.4. The van der Waals surface area contributed by atoms with Gasteiger partial charge in [0.25, 0.3) is 0 Å². The summed E-state index contributed by atoms with van der Waals surface area (Å²) >= 11 is 10.2. The monoisotopic (exact) mass is 306 g/mol. The van der Waals surface area contributed by atoms with Crippen molar-refractivity contribution in [2.75, 3.05) is 6.61 Å². The summed E-state index contributed by atoms with van der Waals surface area (Å²) in [6.45, 7) is 0.792. The van der Waals surface area contributed by atoms with Gasteiger partial charge in [-0.2, -0.15) is 0 Å². The van der Waals surface area contributed by atoms with E-state index in [9.17, 15) is 0 Å². The molecule has 0 spiro atoms. The van der Waals surface area contributed by atoms with E-state index in [1.807, 2.05) is 6.07 Å². The fourth-order valence-corrected chi connectivity index (χ4v) is 4.90. The Hall–Kier alpha value is -1.03. The number of ether oxygens (including phenoxy) is 1. The maximum atomic E-state index is 6.64. The first kappa shape index (κ1) is 11.8. The van der Waals surface area contributed by atoms with E-state index < -0.39 is 0 Å². The number of thiophene rings is 2. The third kappa shape index (κ3) is 1.97. The summed E-state index contributed by atoms with van der Waals surface area (Å²) in [5.74, 6) is 1.01. The van der Waals surface area contributed by atoms with Crippen LogP contribution in [0.4, 0.5) is 0 Å². The van der Waals surface area contributed by atoms with Gasteiger partial charge in [-0.05, 0) is 34.7 Å². The van der Waals surface area contributed by atoms with Crippen LogP contribution in [0.15, 0.2) is 35.7 Å². The Kier molecular flexibility index (Phi) is 2.79. The van der Waals surface area contributed by atoms with Crippen molar-refractivity contribution in [1.82, 2.24) is 0 Å². The van der Waals surface area contributed by atoms with Gasteiger partial charge < -0.3 is 4.74 Å². The van der Waals surface area contributed by atoms with Crippen LogP contribution in [0.2, 0.25) is 0 Å². The average molecular weight is 307 g/mol. The molecule has 4 rings (SSSR count). The first-order valence-electron chi connectivity index (χ1n) is 6.18. The Morgan fingerprint density at radius 1 is 1.16 bits per heavy atom. The molecule has 1 aliphatic rings. The molecule has 3 heterocycles. The molecule has 96 valence electrons. The van der Waals surface area contributed by atoms with Crippen molar-refractivity contribution < 1.29 is 4.74 Å². The van der Waals surface area contributed by atoms with Crippen molar-refractivity contribution in [2.45, 2.75) is 11.8 Å². The van der Waals surface area contributed by atoms with Crippen LogP contribution in [0.3, 0.4) is 0 Å². The van der Waals surface area contributed by atoms with Crippen molar-refractivity contribution in [1.29, 1.82) is 0 Å². The van der Waals surface area contributed by atoms with Crippen molar-refractivity contribution in [3.05, 3.63) is 51.7 Å². The van der Waals surface area contributed by atoms with Gasteiger partial charge in [0.15, 0.2) is 0 Å². The lowest BCUT2D eigenvalue weighted by molar-refractivity contribution is 0.357. The van der Waals surface area contributed by atoms with Crippen LogP contribution >= 0.6 is 34.3 Å². The van der Waals surface area contributed by atoms with Gasteiger partial charge in [-0.1, -0.05) is 12.1 Å². The minimum absolute atomic E-state index is 0.0597. The molecule has 0 saturated heterocycles. The average Bonchev–Trinajstić information content (AvgIpc) is 3.11. The van der Waals surface area contributed by atoms with E-state index in [1.165, 1.54) is 25.4 Å². The highest BCUT2D eigenvalue weighted by molar-refractivity contribution is 7.27. The van der Waals surface area contributed by atoms with E-state index in [0.29, 0.717) is 0 Å². The minimum atomic E-state index is -0.0597. The van der Waals surface area contributed by atoms with Crippen LogP contribution in [-0.2, 0) is 6.42 Å². The summed E-state index contributed by atoms with van der Waals surface area (Å²) < 4.78 is 8.19. The molecule has 1 unspecified atom stereocenters. The highest BCUT2D eigenvalue weighted by Crippen LogP contribution is 2.40.